The number of rotatable bonds is 6. The van der Waals surface area contributed by atoms with E-state index in [-0.39, 0.29) is 0 Å². The van der Waals surface area contributed by atoms with Gasteiger partial charge in [-0.1, -0.05) is 34.1 Å². The summed E-state index contributed by atoms with van der Waals surface area (Å²) >= 11 is 3.49. The van der Waals surface area contributed by atoms with E-state index in [0.29, 0.717) is 13.2 Å². The Hall–Kier alpha value is -1.48. The van der Waals surface area contributed by atoms with Gasteiger partial charge in [0.15, 0.2) is 0 Å². The van der Waals surface area contributed by atoms with Crippen LogP contribution in [0.1, 0.15) is 25.0 Å². The highest BCUT2D eigenvalue weighted by molar-refractivity contribution is 9.10. The third-order valence-corrected chi connectivity index (χ3v) is 2.54. The summed E-state index contributed by atoms with van der Waals surface area (Å²) in [6.45, 7) is 5.10. The van der Waals surface area contributed by atoms with Gasteiger partial charge in [-0.25, -0.2) is 0 Å². The fourth-order valence-corrected chi connectivity index (χ4v) is 1.88. The quantitative estimate of drug-likeness (QED) is 0.432. The third-order valence-electron chi connectivity index (χ3n) is 2.09. The molecule has 1 rings (SSSR count). The number of hydrogen-bond acceptors (Lipinski definition) is 0. The van der Waals surface area contributed by atoms with Gasteiger partial charge in [-0.2, -0.15) is 12.2 Å². The molecule has 0 atom stereocenters. The first-order valence-corrected chi connectivity index (χ1v) is 6.94. The number of halogens is 1. The summed E-state index contributed by atoms with van der Waals surface area (Å²) in [6, 6.07) is 6.11. The molecule has 0 aliphatic rings. The highest BCUT2D eigenvalue weighted by atomic mass is 79.9. The molecule has 0 N–H and O–H groups in total. The average Bonchev–Trinajstić information content (AvgIpc) is 2.39. The smallest absolute Gasteiger partial charge is 0.236 e. The average molecular weight is 321 g/mol. The van der Waals surface area contributed by atoms with Gasteiger partial charge >= 0.3 is 0 Å². The summed E-state index contributed by atoms with van der Waals surface area (Å²) in [5, 5.41) is 0. The van der Waals surface area contributed by atoms with Crippen LogP contribution >= 0.6 is 15.9 Å². The summed E-state index contributed by atoms with van der Waals surface area (Å²) in [5.74, 6) is 0. The van der Waals surface area contributed by atoms with Crippen molar-refractivity contribution in [3.8, 4) is 0 Å². The molecule has 100 valence electrons. The lowest BCUT2D eigenvalue weighted by atomic mass is 10.1. The molecule has 0 spiro atoms. The van der Waals surface area contributed by atoms with E-state index in [4.69, 9.17) is 8.85 Å². The first-order valence-electron chi connectivity index (χ1n) is 6.14. The van der Waals surface area contributed by atoms with Crippen molar-refractivity contribution in [3.05, 3.63) is 46.0 Å². The second kappa shape index (κ2) is 9.45. The van der Waals surface area contributed by atoms with E-state index in [1.165, 1.54) is 0 Å². The van der Waals surface area contributed by atoms with Crippen LogP contribution in [0.3, 0.4) is 0 Å². The van der Waals surface area contributed by atoms with Gasteiger partial charge in [-0.05, 0) is 0 Å². The van der Waals surface area contributed by atoms with E-state index in [0.717, 1.165) is 15.6 Å². The number of allylic oxidation sites excluding steroid dienone is 2. The molecule has 1 aromatic rings. The van der Waals surface area contributed by atoms with Gasteiger partial charge in [-0.3, -0.25) is 0 Å². The zero-order valence-electron chi connectivity index (χ0n) is 11.2. The standard InChI is InChI=1S/C16H17BrO2/c1-3-18-9-5-7-14-11-15(13-16(17)12-14)8-6-10-19-4-2/h5-8,11-13H,3-4H2,1-2H3/b7-5+,8-6+. The minimum Gasteiger partial charge on any atom is -0.353 e. The van der Waals surface area contributed by atoms with E-state index in [1.54, 1.807) is 12.2 Å². The Morgan fingerprint density at radius 3 is 1.84 bits per heavy atom. The van der Waals surface area contributed by atoms with Crippen LogP contribution in [0.4, 0.5) is 0 Å². The molecule has 0 bridgehead atoms. The Kier molecular flexibility index (Phi) is 7.75. The molecular weight excluding hydrogens is 304 g/mol. The minimum absolute atomic E-state index is 0.625. The first-order chi connectivity index (χ1) is 9.26. The molecule has 0 aliphatic heterocycles. The third kappa shape index (κ3) is 6.87. The van der Waals surface area contributed by atoms with E-state index < -0.39 is 0 Å². The minimum atomic E-state index is 0.625. The van der Waals surface area contributed by atoms with Crippen molar-refractivity contribution < 1.29 is 8.85 Å². The Morgan fingerprint density at radius 2 is 1.42 bits per heavy atom. The second-order valence-electron chi connectivity index (χ2n) is 3.59. The topological polar surface area (TPSA) is 22.6 Å². The summed E-state index contributed by atoms with van der Waals surface area (Å²) in [6.07, 6.45) is 12.9. The first kappa shape index (κ1) is 15.6. The maximum atomic E-state index is 5.02. The zero-order chi connectivity index (χ0) is 13.9. The summed E-state index contributed by atoms with van der Waals surface area (Å²) in [7, 11) is 0. The highest BCUT2D eigenvalue weighted by Crippen LogP contribution is 2.17. The lowest BCUT2D eigenvalue weighted by Gasteiger charge is -2.05. The SMILES string of the molecule is CC[O+]=[C-]/C=C/c1cc(Br)cc(/C=C/[C-]=[O+]CC)c1. The normalized spacial score (nSPS) is 12.6. The van der Waals surface area contributed by atoms with Crippen LogP contribution < -0.4 is 0 Å². The van der Waals surface area contributed by atoms with Crippen LogP contribution in [0.25, 0.3) is 12.2 Å². The molecule has 0 amide bonds. The number of hydrogen-bond donors (Lipinski definition) is 0. The van der Waals surface area contributed by atoms with Crippen molar-refractivity contribution in [2.75, 3.05) is 13.2 Å². The predicted octanol–water partition coefficient (Wildman–Crippen LogP) is 3.81. The summed E-state index contributed by atoms with van der Waals surface area (Å²) in [4.78, 5) is 0. The van der Waals surface area contributed by atoms with Crippen molar-refractivity contribution in [3.63, 3.8) is 0 Å². The predicted molar refractivity (Wildman–Crippen MR) is 84.7 cm³/mol. The van der Waals surface area contributed by atoms with Gasteiger partial charge in [-0.15, -0.1) is 23.3 Å². The Bertz CT molecular complexity index is 457. The fourth-order valence-electron chi connectivity index (χ4n) is 1.35. The van der Waals surface area contributed by atoms with E-state index in [1.807, 2.05) is 38.1 Å². The van der Waals surface area contributed by atoms with Crippen LogP contribution in [0, 0.1) is 0 Å². The van der Waals surface area contributed by atoms with Crippen LogP contribution in [0.5, 0.6) is 0 Å². The van der Waals surface area contributed by atoms with Crippen molar-refractivity contribution in [1.82, 2.24) is 0 Å². The molecule has 0 saturated carbocycles. The van der Waals surface area contributed by atoms with E-state index in [9.17, 15) is 0 Å². The van der Waals surface area contributed by atoms with Gasteiger partial charge in [0.05, 0.1) is 0 Å². The van der Waals surface area contributed by atoms with Gasteiger partial charge in [0, 0.05) is 18.3 Å². The van der Waals surface area contributed by atoms with Gasteiger partial charge in [0.1, 0.15) is 0 Å². The molecule has 3 heteroatoms. The molecule has 0 fully saturated rings. The fraction of sp³-hybridized carbons (Fsp3) is 0.250. The number of carbonyl (C=O) groups excluding carboxylic acids is 2. The van der Waals surface area contributed by atoms with Gasteiger partial charge < -0.3 is 8.85 Å². The molecular formula is C16H17BrO2. The molecule has 0 heterocycles. The second-order valence-corrected chi connectivity index (χ2v) is 4.50. The number of benzene rings is 1. The Labute approximate surface area is 123 Å². The van der Waals surface area contributed by atoms with Crippen LogP contribution in [0.15, 0.2) is 34.8 Å². The maximum absolute atomic E-state index is 5.02. The van der Waals surface area contributed by atoms with Crippen molar-refractivity contribution in [2.24, 2.45) is 0 Å². The molecule has 0 aliphatic carbocycles. The largest absolute Gasteiger partial charge is 0.353 e. The van der Waals surface area contributed by atoms with Crippen LogP contribution in [-0.4, -0.2) is 25.8 Å². The van der Waals surface area contributed by atoms with E-state index >= 15 is 0 Å². The molecule has 19 heavy (non-hydrogen) atoms. The molecule has 0 unspecified atom stereocenters. The lowest BCUT2D eigenvalue weighted by molar-refractivity contribution is 0.124. The van der Waals surface area contributed by atoms with Gasteiger partial charge in [0.25, 0.3) is 0 Å². The van der Waals surface area contributed by atoms with Crippen molar-refractivity contribution in [2.45, 2.75) is 13.8 Å². The Morgan fingerprint density at radius 1 is 0.947 bits per heavy atom. The Balaban J connectivity index is 2.82. The molecule has 1 aromatic carbocycles. The van der Waals surface area contributed by atoms with Crippen molar-refractivity contribution >= 4 is 40.7 Å². The zero-order valence-corrected chi connectivity index (χ0v) is 12.7. The molecule has 0 saturated heterocycles. The van der Waals surface area contributed by atoms with Crippen LogP contribution in [-0.2, 0) is 8.85 Å². The highest BCUT2D eigenvalue weighted by Gasteiger charge is 1.89. The van der Waals surface area contributed by atoms with Crippen molar-refractivity contribution in [1.29, 1.82) is 0 Å². The maximum Gasteiger partial charge on any atom is 0.236 e. The monoisotopic (exact) mass is 320 g/mol. The van der Waals surface area contributed by atoms with E-state index in [2.05, 4.69) is 34.6 Å². The van der Waals surface area contributed by atoms with Gasteiger partial charge in [0.2, 0.25) is 25.8 Å². The lowest BCUT2D eigenvalue weighted by Crippen LogP contribution is -1.81. The molecule has 0 radical (unpaired) electrons. The summed E-state index contributed by atoms with van der Waals surface area (Å²) in [5.41, 5.74) is 2.13. The molecule has 2 nitrogen and oxygen atoms in total. The van der Waals surface area contributed by atoms with Crippen LogP contribution in [0.2, 0.25) is 0 Å². The molecule has 0 aromatic heterocycles. The summed E-state index contributed by atoms with van der Waals surface area (Å²) < 4.78 is 11.1.